The average molecular weight is 805 g/mol. The monoisotopic (exact) mass is 804 g/mol. The van der Waals surface area contributed by atoms with E-state index in [0.717, 1.165) is 79.9 Å². The van der Waals surface area contributed by atoms with Crippen molar-refractivity contribution < 1.29 is 27.5 Å². The number of aliphatic hydroxyl groups is 1. The van der Waals surface area contributed by atoms with Gasteiger partial charge in [0, 0.05) is 73.2 Å². The summed E-state index contributed by atoms with van der Waals surface area (Å²) in [6.07, 6.45) is 13.7. The van der Waals surface area contributed by atoms with Crippen molar-refractivity contribution >= 4 is 17.2 Å². The molecule has 10 nitrogen and oxygen atoms in total. The number of carbonyl (C=O) groups is 1. The summed E-state index contributed by atoms with van der Waals surface area (Å²) in [6, 6.07) is 18.2. The Morgan fingerprint density at radius 1 is 0.678 bits per heavy atom. The maximum Gasteiger partial charge on any atom is 0.162 e. The number of ketones is 1. The third-order valence-corrected chi connectivity index (χ3v) is 11.0. The van der Waals surface area contributed by atoms with E-state index in [4.69, 9.17) is 11.5 Å². The molecule has 0 bridgehead atoms. The van der Waals surface area contributed by atoms with Gasteiger partial charge in [-0.3, -0.25) is 24.7 Å². The number of piperidine rings is 2. The minimum Gasteiger partial charge on any atom is -0.392 e. The molecular formula is C45H44F4N8O2. The van der Waals surface area contributed by atoms with Gasteiger partial charge in [-0.1, -0.05) is 12.1 Å². The molecule has 0 aliphatic carbocycles. The molecule has 0 amide bonds. The molecule has 2 aliphatic rings. The molecule has 6 aromatic rings. The molecule has 8 rings (SSSR count). The maximum absolute atomic E-state index is 13.6. The Kier molecular flexibility index (Phi) is 12.1. The summed E-state index contributed by atoms with van der Waals surface area (Å²) in [4.78, 5) is 33.8. The number of hydrogen-bond donors (Lipinski definition) is 3. The highest BCUT2D eigenvalue weighted by Crippen LogP contribution is 2.36. The van der Waals surface area contributed by atoms with Gasteiger partial charge >= 0.3 is 0 Å². The SMILES string of the molecule is CC(=O)c1cc(-c2ccc(F)c(F)c2)ncc1N1CCCC(N)(c2cccnc2)C1.NC1(c2cccnc2)CCCN(c2cnc(-c3ccc(F)c(F)c3)cc2CO)C1. The van der Waals surface area contributed by atoms with Crippen LogP contribution in [-0.2, 0) is 17.7 Å². The normalized spacial score (nSPS) is 19.2. The first kappa shape index (κ1) is 41.1. The van der Waals surface area contributed by atoms with Crippen molar-refractivity contribution in [3.05, 3.63) is 156 Å². The first-order chi connectivity index (χ1) is 28.4. The van der Waals surface area contributed by atoms with E-state index in [9.17, 15) is 27.5 Å². The molecule has 0 saturated carbocycles. The second-order valence-electron chi connectivity index (χ2n) is 15.1. The highest BCUT2D eigenvalue weighted by molar-refractivity contribution is 6.00. The van der Waals surface area contributed by atoms with Gasteiger partial charge in [0.1, 0.15) is 0 Å². The maximum atomic E-state index is 13.6. The number of hydrogen-bond acceptors (Lipinski definition) is 10. The largest absolute Gasteiger partial charge is 0.392 e. The van der Waals surface area contributed by atoms with E-state index < -0.39 is 34.3 Å². The number of nitrogens with zero attached hydrogens (tertiary/aromatic N) is 6. The van der Waals surface area contributed by atoms with Crippen molar-refractivity contribution in [2.45, 2.75) is 50.3 Å². The highest BCUT2D eigenvalue weighted by Gasteiger charge is 2.36. The molecule has 2 fully saturated rings. The Labute approximate surface area is 339 Å². The van der Waals surface area contributed by atoms with Crippen LogP contribution in [-0.4, -0.2) is 57.0 Å². The third kappa shape index (κ3) is 8.99. The number of carbonyl (C=O) groups excluding carboxylic acids is 1. The lowest BCUT2D eigenvalue weighted by Crippen LogP contribution is -2.52. The molecule has 6 heterocycles. The van der Waals surface area contributed by atoms with Crippen LogP contribution in [0.25, 0.3) is 22.5 Å². The van der Waals surface area contributed by atoms with Crippen molar-refractivity contribution in [2.75, 3.05) is 36.0 Å². The molecule has 2 atom stereocenters. The molecule has 4 aromatic heterocycles. The first-order valence-electron chi connectivity index (χ1n) is 19.3. The van der Waals surface area contributed by atoms with E-state index in [1.54, 1.807) is 49.3 Å². The number of aromatic nitrogens is 4. The standard InChI is InChI=1S/C23H22F2N4O.C22H22F2N4O/c1-15(30)18-11-21(16-5-6-19(24)20(25)10-16)28-13-22(18)29-9-3-7-23(26,14-29)17-4-2-8-27-12-17;23-18-5-4-15(9-19(18)24)20-10-16(13-29)21(12-27-20)28-8-2-6-22(25,14-28)17-3-1-7-26-11-17/h2,4-6,8,10-13H,3,7,9,14,26H2,1H3;1,3-5,7,9-12,29H,2,6,8,13-14,25H2. The molecule has 59 heavy (non-hydrogen) atoms. The fourth-order valence-corrected chi connectivity index (χ4v) is 7.88. The fourth-order valence-electron chi connectivity index (χ4n) is 7.88. The summed E-state index contributed by atoms with van der Waals surface area (Å²) in [5, 5.41) is 9.94. The van der Waals surface area contributed by atoms with Crippen LogP contribution in [0.5, 0.6) is 0 Å². The van der Waals surface area contributed by atoms with Gasteiger partial charge < -0.3 is 26.4 Å². The number of rotatable bonds is 8. The molecule has 14 heteroatoms. The van der Waals surface area contributed by atoms with E-state index >= 15 is 0 Å². The number of nitrogens with two attached hydrogens (primary N) is 2. The van der Waals surface area contributed by atoms with Gasteiger partial charge in [0.25, 0.3) is 0 Å². The van der Waals surface area contributed by atoms with Crippen molar-refractivity contribution in [2.24, 2.45) is 11.5 Å². The Hall–Kier alpha value is -6.09. The summed E-state index contributed by atoms with van der Waals surface area (Å²) in [5.41, 5.74) is 18.6. The predicted molar refractivity (Wildman–Crippen MR) is 218 cm³/mol. The summed E-state index contributed by atoms with van der Waals surface area (Å²) >= 11 is 0. The van der Waals surface area contributed by atoms with E-state index in [0.29, 0.717) is 52.4 Å². The average Bonchev–Trinajstić information content (AvgIpc) is 3.26. The van der Waals surface area contributed by atoms with Crippen LogP contribution in [0.2, 0.25) is 0 Å². The van der Waals surface area contributed by atoms with Gasteiger partial charge in [-0.2, -0.15) is 0 Å². The van der Waals surface area contributed by atoms with Crippen molar-refractivity contribution in [3.8, 4) is 22.5 Å². The van der Waals surface area contributed by atoms with E-state index in [2.05, 4.69) is 29.7 Å². The van der Waals surface area contributed by atoms with E-state index in [1.807, 2.05) is 24.3 Å². The fraction of sp³-hybridized carbons (Fsp3) is 0.267. The highest BCUT2D eigenvalue weighted by atomic mass is 19.2. The third-order valence-electron chi connectivity index (χ3n) is 11.0. The smallest absolute Gasteiger partial charge is 0.162 e. The Balaban J connectivity index is 0.000000179. The minimum absolute atomic E-state index is 0.134. The molecule has 2 aromatic carbocycles. The number of Topliss-reactive ketones (excluding diaryl/α,β-unsaturated/α-hetero) is 1. The summed E-state index contributed by atoms with van der Waals surface area (Å²) in [7, 11) is 0. The molecule has 2 aliphatic heterocycles. The van der Waals surface area contributed by atoms with Crippen LogP contribution in [0.4, 0.5) is 28.9 Å². The Morgan fingerprint density at radius 2 is 1.17 bits per heavy atom. The molecule has 5 N–H and O–H groups in total. The number of aliphatic hydroxyl groups excluding tert-OH is 1. The first-order valence-corrected chi connectivity index (χ1v) is 19.3. The van der Waals surface area contributed by atoms with Crippen LogP contribution in [0.15, 0.2) is 110 Å². The molecule has 2 saturated heterocycles. The van der Waals surface area contributed by atoms with Crippen LogP contribution in [0.3, 0.4) is 0 Å². The van der Waals surface area contributed by atoms with Crippen molar-refractivity contribution in [1.29, 1.82) is 0 Å². The molecule has 304 valence electrons. The van der Waals surface area contributed by atoms with E-state index in [-0.39, 0.29) is 12.4 Å². The van der Waals surface area contributed by atoms with Gasteiger partial charge in [-0.05, 0) is 104 Å². The predicted octanol–water partition coefficient (Wildman–Crippen LogP) is 7.45. The van der Waals surface area contributed by atoms with Crippen molar-refractivity contribution in [3.63, 3.8) is 0 Å². The number of pyridine rings is 4. The van der Waals surface area contributed by atoms with Gasteiger partial charge in [-0.25, -0.2) is 17.6 Å². The Bertz CT molecular complexity index is 2440. The zero-order valence-corrected chi connectivity index (χ0v) is 32.5. The lowest BCUT2D eigenvalue weighted by molar-refractivity contribution is 0.101. The molecule has 0 spiro atoms. The Morgan fingerprint density at radius 3 is 1.63 bits per heavy atom. The summed E-state index contributed by atoms with van der Waals surface area (Å²) < 4.78 is 53.7. The van der Waals surface area contributed by atoms with Crippen LogP contribution >= 0.6 is 0 Å². The van der Waals surface area contributed by atoms with Crippen LogP contribution in [0.1, 0.15) is 59.7 Å². The van der Waals surface area contributed by atoms with Crippen LogP contribution < -0.4 is 21.3 Å². The second-order valence-corrected chi connectivity index (χ2v) is 15.1. The summed E-state index contributed by atoms with van der Waals surface area (Å²) in [5.74, 6) is -3.85. The van der Waals surface area contributed by atoms with Crippen molar-refractivity contribution in [1.82, 2.24) is 19.9 Å². The van der Waals surface area contributed by atoms with Gasteiger partial charge in [-0.15, -0.1) is 0 Å². The lowest BCUT2D eigenvalue weighted by atomic mass is 9.83. The van der Waals surface area contributed by atoms with Gasteiger partial charge in [0.15, 0.2) is 29.1 Å². The number of anilines is 2. The lowest BCUT2D eigenvalue weighted by Gasteiger charge is -2.42. The molecule has 0 radical (unpaired) electrons. The zero-order valence-electron chi connectivity index (χ0n) is 32.5. The topological polar surface area (TPSA) is 147 Å². The molecule has 2 unspecified atom stereocenters. The van der Waals surface area contributed by atoms with Gasteiger partial charge in [0.05, 0.1) is 52.8 Å². The summed E-state index contributed by atoms with van der Waals surface area (Å²) in [6.45, 7) is 3.90. The zero-order chi connectivity index (χ0) is 41.7. The second kappa shape index (κ2) is 17.4. The van der Waals surface area contributed by atoms with Crippen LogP contribution in [0, 0.1) is 23.3 Å². The number of halogens is 4. The number of benzene rings is 2. The van der Waals surface area contributed by atoms with Gasteiger partial charge in [0.2, 0.25) is 0 Å². The quantitative estimate of drug-likeness (QED) is 0.105. The molecular weight excluding hydrogens is 761 g/mol. The van der Waals surface area contributed by atoms with E-state index in [1.165, 1.54) is 19.1 Å². The minimum atomic E-state index is -0.955.